The van der Waals surface area contributed by atoms with Crippen molar-refractivity contribution in [3.05, 3.63) is 34.9 Å². The molecule has 0 radical (unpaired) electrons. The summed E-state index contributed by atoms with van der Waals surface area (Å²) in [6.45, 7) is 3.88. The lowest BCUT2D eigenvalue weighted by Crippen LogP contribution is -2.46. The minimum atomic E-state index is -0.427. The highest BCUT2D eigenvalue weighted by Gasteiger charge is 2.20. The molecule has 1 unspecified atom stereocenters. The number of hydrogen-bond donors (Lipinski definition) is 1. The number of carbonyl (C=O) groups excluding carboxylic acids is 1. The highest BCUT2D eigenvalue weighted by Crippen LogP contribution is 2.25. The van der Waals surface area contributed by atoms with Crippen LogP contribution in [0.3, 0.4) is 0 Å². The number of piperazine rings is 1. The van der Waals surface area contributed by atoms with E-state index in [2.05, 4.69) is 23.1 Å². The molecule has 1 N–H and O–H groups in total. The van der Waals surface area contributed by atoms with E-state index in [1.165, 1.54) is 24.0 Å². The van der Waals surface area contributed by atoms with Crippen molar-refractivity contribution in [2.24, 2.45) is 0 Å². The van der Waals surface area contributed by atoms with E-state index >= 15 is 0 Å². The fraction of sp³-hybridized carbons (Fsp3) is 0.562. The molecule has 1 aromatic carbocycles. The summed E-state index contributed by atoms with van der Waals surface area (Å²) in [5, 5.41) is 10.4. The van der Waals surface area contributed by atoms with Crippen molar-refractivity contribution in [1.82, 2.24) is 9.80 Å². The quantitative estimate of drug-likeness (QED) is 0.833. The zero-order valence-electron chi connectivity index (χ0n) is 11.8. The Morgan fingerprint density at radius 2 is 1.90 bits per heavy atom. The summed E-state index contributed by atoms with van der Waals surface area (Å²) in [5.74, 6) is 0. The maximum Gasteiger partial charge on any atom is 0.209 e. The van der Waals surface area contributed by atoms with E-state index in [-0.39, 0.29) is 0 Å². The maximum atomic E-state index is 10.7. The molecule has 1 fully saturated rings. The molecule has 3 rings (SSSR count). The van der Waals surface area contributed by atoms with Crippen LogP contribution in [0.5, 0.6) is 0 Å². The number of nitrogens with zero attached hydrogens (tertiary/aromatic N) is 2. The molecule has 1 atom stereocenters. The number of aliphatic hydroxyl groups is 1. The van der Waals surface area contributed by atoms with Gasteiger partial charge in [-0.2, -0.15) is 0 Å². The normalized spacial score (nSPS) is 20.8. The topological polar surface area (TPSA) is 43.8 Å². The molecule has 0 bridgehead atoms. The van der Waals surface area contributed by atoms with Gasteiger partial charge in [0, 0.05) is 32.7 Å². The largest absolute Gasteiger partial charge is 0.387 e. The molecule has 2 aliphatic rings. The third kappa shape index (κ3) is 2.86. The zero-order valence-corrected chi connectivity index (χ0v) is 11.8. The monoisotopic (exact) mass is 274 g/mol. The van der Waals surface area contributed by atoms with Gasteiger partial charge in [-0.25, -0.2) is 0 Å². The van der Waals surface area contributed by atoms with Gasteiger partial charge < -0.3 is 10.0 Å². The summed E-state index contributed by atoms with van der Waals surface area (Å²) in [6, 6.07) is 6.41. The lowest BCUT2D eigenvalue weighted by Gasteiger charge is -2.33. The molecule has 1 heterocycles. The molecule has 0 aromatic heterocycles. The summed E-state index contributed by atoms with van der Waals surface area (Å²) in [7, 11) is 0. The predicted octanol–water partition coefficient (Wildman–Crippen LogP) is 0.983. The lowest BCUT2D eigenvalue weighted by atomic mass is 10.0. The van der Waals surface area contributed by atoms with E-state index in [0.717, 1.165) is 44.6 Å². The highest BCUT2D eigenvalue weighted by molar-refractivity contribution is 5.47. The van der Waals surface area contributed by atoms with Gasteiger partial charge in [0.2, 0.25) is 6.41 Å². The number of aliphatic hydroxyl groups excluding tert-OH is 1. The van der Waals surface area contributed by atoms with Crippen molar-refractivity contribution >= 4 is 6.41 Å². The van der Waals surface area contributed by atoms with Crippen LogP contribution in [-0.4, -0.2) is 54.0 Å². The van der Waals surface area contributed by atoms with Crippen LogP contribution >= 0.6 is 0 Å². The van der Waals surface area contributed by atoms with Gasteiger partial charge in [-0.3, -0.25) is 9.69 Å². The summed E-state index contributed by atoms with van der Waals surface area (Å²) >= 11 is 0. The maximum absolute atomic E-state index is 10.7. The summed E-state index contributed by atoms with van der Waals surface area (Å²) in [4.78, 5) is 14.7. The van der Waals surface area contributed by atoms with E-state index in [1.807, 2.05) is 0 Å². The van der Waals surface area contributed by atoms with Crippen LogP contribution in [0.4, 0.5) is 0 Å². The summed E-state index contributed by atoms with van der Waals surface area (Å²) < 4.78 is 0. The van der Waals surface area contributed by atoms with Gasteiger partial charge in [0.1, 0.15) is 0 Å². The SMILES string of the molecule is O=CN1CCN(CC(O)c2ccc3c(c2)CCC3)CC1. The molecular formula is C16H22N2O2. The molecule has 1 amide bonds. The number of benzene rings is 1. The molecule has 0 saturated carbocycles. The first-order valence-corrected chi connectivity index (χ1v) is 7.48. The summed E-state index contributed by atoms with van der Waals surface area (Å²) in [5.41, 5.74) is 3.89. The number of aryl methyl sites for hydroxylation is 2. The average molecular weight is 274 g/mol. The van der Waals surface area contributed by atoms with Gasteiger partial charge in [0.25, 0.3) is 0 Å². The predicted molar refractivity (Wildman–Crippen MR) is 77.5 cm³/mol. The van der Waals surface area contributed by atoms with Gasteiger partial charge in [0.15, 0.2) is 0 Å². The Bertz CT molecular complexity index is 481. The molecule has 4 nitrogen and oxygen atoms in total. The van der Waals surface area contributed by atoms with Gasteiger partial charge in [-0.15, -0.1) is 0 Å². The van der Waals surface area contributed by atoms with Gasteiger partial charge in [-0.05, 0) is 36.0 Å². The Morgan fingerprint density at radius 1 is 1.15 bits per heavy atom. The smallest absolute Gasteiger partial charge is 0.209 e. The average Bonchev–Trinajstić information content (AvgIpc) is 2.95. The first-order valence-electron chi connectivity index (χ1n) is 7.48. The Balaban J connectivity index is 1.59. The van der Waals surface area contributed by atoms with Crippen LogP contribution in [0.2, 0.25) is 0 Å². The molecule has 4 heteroatoms. The second-order valence-corrected chi connectivity index (χ2v) is 5.84. The van der Waals surface area contributed by atoms with Crippen LogP contribution in [-0.2, 0) is 17.6 Å². The number of carbonyl (C=O) groups is 1. The first-order chi connectivity index (χ1) is 9.76. The van der Waals surface area contributed by atoms with E-state index in [9.17, 15) is 9.90 Å². The Labute approximate surface area is 120 Å². The second-order valence-electron chi connectivity index (χ2n) is 5.84. The number of rotatable bonds is 4. The Morgan fingerprint density at radius 3 is 2.65 bits per heavy atom. The number of fused-ring (bicyclic) bond motifs is 1. The third-order valence-corrected chi connectivity index (χ3v) is 4.49. The molecule has 1 saturated heterocycles. The Hall–Kier alpha value is -1.39. The van der Waals surface area contributed by atoms with Crippen molar-refractivity contribution in [2.45, 2.75) is 25.4 Å². The van der Waals surface area contributed by atoms with E-state index in [0.29, 0.717) is 6.54 Å². The molecule has 1 aromatic rings. The number of β-amino-alcohol motifs (C(OH)–C–C–N with tert-alkyl or cyclic N) is 1. The van der Waals surface area contributed by atoms with Crippen molar-refractivity contribution in [3.63, 3.8) is 0 Å². The van der Waals surface area contributed by atoms with E-state index in [4.69, 9.17) is 0 Å². The molecule has 0 spiro atoms. The minimum Gasteiger partial charge on any atom is -0.387 e. The van der Waals surface area contributed by atoms with Gasteiger partial charge in [-0.1, -0.05) is 18.2 Å². The van der Waals surface area contributed by atoms with Crippen molar-refractivity contribution in [1.29, 1.82) is 0 Å². The number of hydrogen-bond acceptors (Lipinski definition) is 3. The molecule has 1 aliphatic carbocycles. The lowest BCUT2D eigenvalue weighted by molar-refractivity contribution is -0.119. The van der Waals surface area contributed by atoms with Gasteiger partial charge >= 0.3 is 0 Å². The Kier molecular flexibility index (Phi) is 4.03. The van der Waals surface area contributed by atoms with Crippen molar-refractivity contribution in [3.8, 4) is 0 Å². The third-order valence-electron chi connectivity index (χ3n) is 4.49. The molecule has 1 aliphatic heterocycles. The second kappa shape index (κ2) is 5.94. The van der Waals surface area contributed by atoms with Crippen LogP contribution in [0.25, 0.3) is 0 Å². The molecular weight excluding hydrogens is 252 g/mol. The van der Waals surface area contributed by atoms with Crippen molar-refractivity contribution < 1.29 is 9.90 Å². The van der Waals surface area contributed by atoms with E-state index in [1.54, 1.807) is 4.90 Å². The highest BCUT2D eigenvalue weighted by atomic mass is 16.3. The van der Waals surface area contributed by atoms with E-state index < -0.39 is 6.10 Å². The fourth-order valence-electron chi connectivity index (χ4n) is 3.20. The van der Waals surface area contributed by atoms with Crippen molar-refractivity contribution in [2.75, 3.05) is 32.7 Å². The van der Waals surface area contributed by atoms with Crippen LogP contribution in [0.15, 0.2) is 18.2 Å². The molecule has 20 heavy (non-hydrogen) atoms. The van der Waals surface area contributed by atoms with Crippen LogP contribution in [0.1, 0.15) is 29.2 Å². The zero-order chi connectivity index (χ0) is 13.9. The summed E-state index contributed by atoms with van der Waals surface area (Å²) in [6.07, 6.45) is 4.05. The molecule has 108 valence electrons. The fourth-order valence-corrected chi connectivity index (χ4v) is 3.20. The van der Waals surface area contributed by atoms with Gasteiger partial charge in [0.05, 0.1) is 6.10 Å². The minimum absolute atomic E-state index is 0.427. The standard InChI is InChI=1S/C16H22N2O2/c19-12-18-8-6-17(7-9-18)11-16(20)15-5-4-13-2-1-3-14(13)10-15/h4-5,10,12,16,20H,1-3,6-9,11H2. The number of amides is 1. The van der Waals surface area contributed by atoms with Crippen LogP contribution < -0.4 is 0 Å². The first kappa shape index (κ1) is 13.6. The van der Waals surface area contributed by atoms with Crippen LogP contribution in [0, 0.1) is 0 Å².